The largest absolute Gasteiger partial charge is 0.355 e. The molecule has 72 valence electrons. The Labute approximate surface area is 87.3 Å². The van der Waals surface area contributed by atoms with Gasteiger partial charge in [0.2, 0.25) is 0 Å². The number of rotatable bonds is 5. The van der Waals surface area contributed by atoms with Crippen molar-refractivity contribution in [1.29, 1.82) is 0 Å². The molecule has 1 heterocycles. The molecule has 0 fully saturated rings. The van der Waals surface area contributed by atoms with Crippen molar-refractivity contribution < 1.29 is 0 Å². The fourth-order valence-electron chi connectivity index (χ4n) is 1.17. The lowest BCUT2D eigenvalue weighted by atomic mass is 10.4. The van der Waals surface area contributed by atoms with Gasteiger partial charge in [-0.15, -0.1) is 0 Å². The second kappa shape index (κ2) is 5.91. The van der Waals surface area contributed by atoms with Crippen LogP contribution in [0.25, 0.3) is 0 Å². The molecule has 1 rings (SSSR count). The van der Waals surface area contributed by atoms with E-state index in [1.807, 2.05) is 0 Å². The van der Waals surface area contributed by atoms with Crippen molar-refractivity contribution in [3.63, 3.8) is 0 Å². The van der Waals surface area contributed by atoms with Gasteiger partial charge in [-0.1, -0.05) is 22.9 Å². The summed E-state index contributed by atoms with van der Waals surface area (Å²) in [7, 11) is 0. The minimum atomic E-state index is 0.962. The van der Waals surface area contributed by atoms with E-state index in [-0.39, 0.29) is 0 Å². The summed E-state index contributed by atoms with van der Waals surface area (Å²) in [5.41, 5.74) is 0. The first-order valence-corrected chi connectivity index (χ1v) is 5.57. The molecule has 0 unspecified atom stereocenters. The van der Waals surface area contributed by atoms with Gasteiger partial charge in [0.05, 0.1) is 6.20 Å². The zero-order chi connectivity index (χ0) is 9.52. The molecule has 0 saturated carbocycles. The Bertz CT molecular complexity index is 222. The monoisotopic (exact) mass is 243 g/mol. The molecule has 13 heavy (non-hydrogen) atoms. The second-order valence-corrected chi connectivity index (χ2v) is 3.53. The van der Waals surface area contributed by atoms with Gasteiger partial charge in [0, 0.05) is 30.8 Å². The Morgan fingerprint density at radius 1 is 1.38 bits per heavy atom. The van der Waals surface area contributed by atoms with Crippen LogP contribution in [0.4, 0.5) is 5.82 Å². The maximum absolute atomic E-state index is 4.26. The van der Waals surface area contributed by atoms with Gasteiger partial charge in [-0.3, -0.25) is 4.98 Å². The van der Waals surface area contributed by atoms with E-state index in [0.29, 0.717) is 0 Å². The van der Waals surface area contributed by atoms with Gasteiger partial charge in [0.1, 0.15) is 5.82 Å². The molecule has 3 nitrogen and oxygen atoms in total. The van der Waals surface area contributed by atoms with Crippen LogP contribution in [0.2, 0.25) is 0 Å². The first-order chi connectivity index (χ1) is 6.38. The van der Waals surface area contributed by atoms with Crippen LogP contribution in [0.3, 0.4) is 0 Å². The van der Waals surface area contributed by atoms with Gasteiger partial charge < -0.3 is 4.90 Å². The topological polar surface area (TPSA) is 29.0 Å². The molecule has 1 aromatic rings. The minimum absolute atomic E-state index is 0.962. The van der Waals surface area contributed by atoms with Gasteiger partial charge in [0.25, 0.3) is 0 Å². The van der Waals surface area contributed by atoms with Crippen LogP contribution in [0, 0.1) is 0 Å². The summed E-state index contributed by atoms with van der Waals surface area (Å²) in [6.45, 7) is 4.18. The average molecular weight is 244 g/mol. The third-order valence-electron chi connectivity index (χ3n) is 1.72. The van der Waals surface area contributed by atoms with E-state index in [1.54, 1.807) is 18.6 Å². The van der Waals surface area contributed by atoms with Gasteiger partial charge in [-0.25, -0.2) is 4.98 Å². The number of anilines is 1. The van der Waals surface area contributed by atoms with Gasteiger partial charge >= 0.3 is 0 Å². The molecule has 0 aromatic carbocycles. The second-order valence-electron chi connectivity index (χ2n) is 2.74. The van der Waals surface area contributed by atoms with Gasteiger partial charge in [-0.05, 0) is 6.42 Å². The lowest BCUT2D eigenvalue weighted by Crippen LogP contribution is -2.27. The molecule has 4 heteroatoms. The number of halogens is 1. The smallest absolute Gasteiger partial charge is 0.147 e. The molecule has 0 bridgehead atoms. The zero-order valence-electron chi connectivity index (χ0n) is 7.78. The number of hydrogen-bond donors (Lipinski definition) is 0. The molecule has 0 spiro atoms. The highest BCUT2D eigenvalue weighted by molar-refractivity contribution is 9.09. The Hall–Kier alpha value is -0.640. The zero-order valence-corrected chi connectivity index (χ0v) is 9.37. The fraction of sp³-hybridized carbons (Fsp3) is 0.556. The summed E-state index contributed by atoms with van der Waals surface area (Å²) in [4.78, 5) is 10.5. The summed E-state index contributed by atoms with van der Waals surface area (Å²) in [5.74, 6) is 0.962. The third-order valence-corrected chi connectivity index (χ3v) is 2.08. The summed E-state index contributed by atoms with van der Waals surface area (Å²) in [6, 6.07) is 0. The van der Waals surface area contributed by atoms with E-state index < -0.39 is 0 Å². The summed E-state index contributed by atoms with van der Waals surface area (Å²) >= 11 is 3.43. The van der Waals surface area contributed by atoms with E-state index in [4.69, 9.17) is 0 Å². The SMILES string of the molecule is CCCN(CCBr)c1cnccn1. The summed E-state index contributed by atoms with van der Waals surface area (Å²) in [6.07, 6.45) is 6.36. The molecule has 0 aliphatic heterocycles. The Morgan fingerprint density at radius 3 is 2.77 bits per heavy atom. The minimum Gasteiger partial charge on any atom is -0.355 e. The van der Waals surface area contributed by atoms with Crippen LogP contribution in [0.1, 0.15) is 13.3 Å². The van der Waals surface area contributed by atoms with Crippen LogP contribution in [-0.2, 0) is 0 Å². The number of alkyl halides is 1. The van der Waals surface area contributed by atoms with Crippen molar-refractivity contribution >= 4 is 21.7 Å². The Morgan fingerprint density at radius 2 is 2.23 bits per heavy atom. The normalized spacial score (nSPS) is 10.0. The van der Waals surface area contributed by atoms with E-state index in [0.717, 1.165) is 30.7 Å². The molecule has 0 aliphatic carbocycles. The van der Waals surface area contributed by atoms with Crippen molar-refractivity contribution in [2.45, 2.75) is 13.3 Å². The van der Waals surface area contributed by atoms with Crippen LogP contribution in [-0.4, -0.2) is 28.4 Å². The predicted octanol–water partition coefficient (Wildman–Crippen LogP) is 2.09. The summed E-state index contributed by atoms with van der Waals surface area (Å²) < 4.78 is 0. The molecule has 0 radical (unpaired) electrons. The van der Waals surface area contributed by atoms with Crippen molar-refractivity contribution in [3.05, 3.63) is 18.6 Å². The number of hydrogen-bond acceptors (Lipinski definition) is 3. The van der Waals surface area contributed by atoms with Crippen LogP contribution >= 0.6 is 15.9 Å². The first kappa shape index (κ1) is 10.4. The first-order valence-electron chi connectivity index (χ1n) is 4.45. The molecule has 1 aromatic heterocycles. The molecule has 0 atom stereocenters. The fourth-order valence-corrected chi connectivity index (χ4v) is 1.60. The predicted molar refractivity (Wildman–Crippen MR) is 58.3 cm³/mol. The Balaban J connectivity index is 2.64. The van der Waals surface area contributed by atoms with Crippen LogP contribution in [0.15, 0.2) is 18.6 Å². The molecular weight excluding hydrogens is 230 g/mol. The molecule has 0 saturated heterocycles. The number of nitrogens with zero attached hydrogens (tertiary/aromatic N) is 3. The summed E-state index contributed by atoms with van der Waals surface area (Å²) in [5, 5.41) is 0.962. The van der Waals surface area contributed by atoms with Crippen molar-refractivity contribution in [3.8, 4) is 0 Å². The molecular formula is C9H14BrN3. The lowest BCUT2D eigenvalue weighted by Gasteiger charge is -2.21. The highest BCUT2D eigenvalue weighted by atomic mass is 79.9. The average Bonchev–Trinajstić information content (AvgIpc) is 2.19. The van der Waals surface area contributed by atoms with Gasteiger partial charge in [-0.2, -0.15) is 0 Å². The van der Waals surface area contributed by atoms with Crippen molar-refractivity contribution in [2.24, 2.45) is 0 Å². The van der Waals surface area contributed by atoms with Crippen LogP contribution < -0.4 is 4.90 Å². The lowest BCUT2D eigenvalue weighted by molar-refractivity contribution is 0.781. The number of aromatic nitrogens is 2. The quantitative estimate of drug-likeness (QED) is 0.742. The maximum Gasteiger partial charge on any atom is 0.147 e. The van der Waals surface area contributed by atoms with E-state index in [2.05, 4.69) is 37.7 Å². The van der Waals surface area contributed by atoms with Crippen molar-refractivity contribution in [2.75, 3.05) is 23.3 Å². The van der Waals surface area contributed by atoms with Crippen molar-refractivity contribution in [1.82, 2.24) is 9.97 Å². The Kier molecular flexibility index (Phi) is 4.75. The highest BCUT2D eigenvalue weighted by Crippen LogP contribution is 2.08. The van der Waals surface area contributed by atoms with E-state index in [9.17, 15) is 0 Å². The van der Waals surface area contributed by atoms with E-state index in [1.165, 1.54) is 0 Å². The van der Waals surface area contributed by atoms with Gasteiger partial charge in [0.15, 0.2) is 0 Å². The molecule has 0 N–H and O–H groups in total. The molecule has 0 aliphatic rings. The van der Waals surface area contributed by atoms with Crippen LogP contribution in [0.5, 0.6) is 0 Å². The molecule has 0 amide bonds. The maximum atomic E-state index is 4.26. The third kappa shape index (κ3) is 3.30. The van der Waals surface area contributed by atoms with E-state index >= 15 is 0 Å². The highest BCUT2D eigenvalue weighted by Gasteiger charge is 2.04. The standard InChI is InChI=1S/C9H14BrN3/c1-2-6-13(7-3-10)9-8-11-4-5-12-9/h4-5,8H,2-3,6-7H2,1H3.